The largest absolute Gasteiger partial charge is 0.383 e. The van der Waals surface area contributed by atoms with Crippen molar-refractivity contribution < 1.29 is 9.47 Å². The molecule has 0 radical (unpaired) electrons. The van der Waals surface area contributed by atoms with Gasteiger partial charge in [0.25, 0.3) is 0 Å². The van der Waals surface area contributed by atoms with Crippen molar-refractivity contribution in [2.24, 2.45) is 0 Å². The van der Waals surface area contributed by atoms with Crippen molar-refractivity contribution in [3.63, 3.8) is 0 Å². The van der Waals surface area contributed by atoms with Crippen LogP contribution in [0.2, 0.25) is 0 Å². The molecule has 0 bridgehead atoms. The zero-order valence-electron chi connectivity index (χ0n) is 7.88. The van der Waals surface area contributed by atoms with Gasteiger partial charge in [0.2, 0.25) is 0 Å². The minimum atomic E-state index is 0.190. The number of methoxy groups -OCH3 is 2. The second-order valence-corrected chi connectivity index (χ2v) is 2.97. The van der Waals surface area contributed by atoms with E-state index in [9.17, 15) is 0 Å². The van der Waals surface area contributed by atoms with Crippen molar-refractivity contribution in [1.82, 2.24) is 10.2 Å². The normalized spacial score (nSPS) is 26.0. The minimum Gasteiger partial charge on any atom is -0.383 e. The number of nitrogens with one attached hydrogen (secondary N) is 1. The first-order valence-electron chi connectivity index (χ1n) is 4.34. The highest BCUT2D eigenvalue weighted by atomic mass is 16.5. The van der Waals surface area contributed by atoms with Crippen LogP contribution in [0.4, 0.5) is 0 Å². The fourth-order valence-electron chi connectivity index (χ4n) is 1.36. The number of piperazine rings is 1. The van der Waals surface area contributed by atoms with Gasteiger partial charge >= 0.3 is 0 Å². The highest BCUT2D eigenvalue weighted by Gasteiger charge is 2.17. The molecule has 0 aromatic heterocycles. The maximum atomic E-state index is 5.21. The summed E-state index contributed by atoms with van der Waals surface area (Å²) < 4.78 is 10.2. The Labute approximate surface area is 73.8 Å². The Balaban J connectivity index is 2.16. The summed E-state index contributed by atoms with van der Waals surface area (Å²) in [4.78, 5) is 2.34. The van der Waals surface area contributed by atoms with E-state index in [0.29, 0.717) is 0 Å². The van der Waals surface area contributed by atoms with E-state index in [1.165, 1.54) is 0 Å². The van der Waals surface area contributed by atoms with Crippen LogP contribution < -0.4 is 5.32 Å². The molecule has 1 aliphatic heterocycles. The first-order valence-corrected chi connectivity index (χ1v) is 4.34. The number of ether oxygens (including phenoxy) is 2. The fourth-order valence-corrected chi connectivity index (χ4v) is 1.36. The molecular weight excluding hydrogens is 156 g/mol. The summed E-state index contributed by atoms with van der Waals surface area (Å²) in [5.41, 5.74) is 0. The van der Waals surface area contributed by atoms with E-state index in [2.05, 4.69) is 10.2 Å². The van der Waals surface area contributed by atoms with Crippen molar-refractivity contribution >= 4 is 0 Å². The van der Waals surface area contributed by atoms with Crippen molar-refractivity contribution in [2.75, 3.05) is 47.0 Å². The molecule has 0 aromatic rings. The Kier molecular flexibility index (Phi) is 4.53. The van der Waals surface area contributed by atoms with Gasteiger partial charge < -0.3 is 9.47 Å². The number of hydrogen-bond acceptors (Lipinski definition) is 4. The summed E-state index contributed by atoms with van der Waals surface area (Å²) >= 11 is 0. The van der Waals surface area contributed by atoms with E-state index in [1.807, 2.05) is 0 Å². The third-order valence-corrected chi connectivity index (χ3v) is 2.12. The van der Waals surface area contributed by atoms with Crippen LogP contribution >= 0.6 is 0 Å². The third kappa shape index (κ3) is 3.06. The molecule has 1 heterocycles. The van der Waals surface area contributed by atoms with E-state index < -0.39 is 0 Å². The molecular formula is C8H18N2O2. The average Bonchev–Trinajstić information content (AvgIpc) is 2.15. The van der Waals surface area contributed by atoms with Gasteiger partial charge in [-0.15, -0.1) is 0 Å². The van der Waals surface area contributed by atoms with Crippen LogP contribution in [0.5, 0.6) is 0 Å². The zero-order chi connectivity index (χ0) is 8.81. The molecule has 1 unspecified atom stereocenters. The molecule has 72 valence electrons. The summed E-state index contributed by atoms with van der Waals surface area (Å²) in [7, 11) is 3.47. The van der Waals surface area contributed by atoms with Crippen LogP contribution in [0.1, 0.15) is 0 Å². The molecule has 1 rings (SSSR count). The van der Waals surface area contributed by atoms with E-state index in [0.717, 1.165) is 32.8 Å². The zero-order valence-corrected chi connectivity index (χ0v) is 7.88. The number of hydrogen-bond donors (Lipinski definition) is 1. The number of nitrogens with zero attached hydrogens (tertiary/aromatic N) is 1. The Morgan fingerprint density at radius 1 is 1.50 bits per heavy atom. The molecule has 4 heteroatoms. The topological polar surface area (TPSA) is 33.7 Å². The summed E-state index contributed by atoms with van der Waals surface area (Å²) in [5, 5.41) is 3.27. The van der Waals surface area contributed by atoms with Crippen LogP contribution in [-0.2, 0) is 9.47 Å². The smallest absolute Gasteiger partial charge is 0.120 e. The molecule has 0 aliphatic carbocycles. The highest BCUT2D eigenvalue weighted by Crippen LogP contribution is 1.98. The molecule has 0 amide bonds. The standard InChI is InChI=1S/C8H18N2O2/c1-11-6-5-10-4-3-9-8(7-10)12-2/h8-9H,3-7H2,1-2H3. The quantitative estimate of drug-likeness (QED) is 0.623. The third-order valence-electron chi connectivity index (χ3n) is 2.12. The van der Waals surface area contributed by atoms with Crippen LogP contribution in [0.3, 0.4) is 0 Å². The first-order chi connectivity index (χ1) is 5.86. The molecule has 1 fully saturated rings. The maximum absolute atomic E-state index is 5.21. The Hall–Kier alpha value is -0.160. The number of rotatable bonds is 4. The van der Waals surface area contributed by atoms with Gasteiger partial charge in [-0.25, -0.2) is 0 Å². The lowest BCUT2D eigenvalue weighted by Crippen LogP contribution is -2.52. The van der Waals surface area contributed by atoms with Crippen molar-refractivity contribution in [2.45, 2.75) is 6.23 Å². The first kappa shape index (κ1) is 9.92. The van der Waals surface area contributed by atoms with E-state index >= 15 is 0 Å². The van der Waals surface area contributed by atoms with Crippen LogP contribution in [0.25, 0.3) is 0 Å². The molecule has 0 spiro atoms. The fraction of sp³-hybridized carbons (Fsp3) is 1.00. The van der Waals surface area contributed by atoms with Crippen LogP contribution in [0.15, 0.2) is 0 Å². The lowest BCUT2D eigenvalue weighted by atomic mass is 10.3. The lowest BCUT2D eigenvalue weighted by Gasteiger charge is -2.32. The van der Waals surface area contributed by atoms with Gasteiger partial charge in [0.1, 0.15) is 6.23 Å². The summed E-state index contributed by atoms with van der Waals surface area (Å²) in [6, 6.07) is 0. The van der Waals surface area contributed by atoms with Gasteiger partial charge in [-0.05, 0) is 0 Å². The monoisotopic (exact) mass is 174 g/mol. The van der Waals surface area contributed by atoms with E-state index in [4.69, 9.17) is 9.47 Å². The van der Waals surface area contributed by atoms with Crippen molar-refractivity contribution in [3.8, 4) is 0 Å². The molecule has 0 aromatic carbocycles. The van der Waals surface area contributed by atoms with E-state index in [-0.39, 0.29) is 6.23 Å². The predicted molar refractivity (Wildman–Crippen MR) is 47.1 cm³/mol. The van der Waals surface area contributed by atoms with Gasteiger partial charge in [-0.3, -0.25) is 10.2 Å². The Morgan fingerprint density at radius 2 is 2.33 bits per heavy atom. The van der Waals surface area contributed by atoms with Gasteiger partial charge in [0, 0.05) is 40.4 Å². The molecule has 0 saturated carbocycles. The molecule has 12 heavy (non-hydrogen) atoms. The second-order valence-electron chi connectivity index (χ2n) is 2.97. The molecule has 1 aliphatic rings. The van der Waals surface area contributed by atoms with Crippen molar-refractivity contribution in [1.29, 1.82) is 0 Å². The van der Waals surface area contributed by atoms with Crippen LogP contribution in [0, 0.1) is 0 Å². The SMILES string of the molecule is COCCN1CCNC(OC)C1. The molecule has 1 saturated heterocycles. The van der Waals surface area contributed by atoms with E-state index in [1.54, 1.807) is 14.2 Å². The molecule has 1 N–H and O–H groups in total. The Morgan fingerprint density at radius 3 is 3.00 bits per heavy atom. The maximum Gasteiger partial charge on any atom is 0.120 e. The van der Waals surface area contributed by atoms with Gasteiger partial charge in [0.15, 0.2) is 0 Å². The average molecular weight is 174 g/mol. The van der Waals surface area contributed by atoms with Gasteiger partial charge in [-0.1, -0.05) is 0 Å². The summed E-state index contributed by atoms with van der Waals surface area (Å²) in [6.45, 7) is 4.85. The highest BCUT2D eigenvalue weighted by molar-refractivity contribution is 4.71. The second kappa shape index (κ2) is 5.48. The predicted octanol–water partition coefficient (Wildman–Crippen LogP) is -0.489. The molecule has 4 nitrogen and oxygen atoms in total. The van der Waals surface area contributed by atoms with Gasteiger partial charge in [0.05, 0.1) is 6.61 Å². The summed E-state index contributed by atoms with van der Waals surface area (Å²) in [5.74, 6) is 0. The minimum absolute atomic E-state index is 0.190. The lowest BCUT2D eigenvalue weighted by molar-refractivity contribution is 0.00895. The van der Waals surface area contributed by atoms with Gasteiger partial charge in [-0.2, -0.15) is 0 Å². The Bertz CT molecular complexity index is 122. The van der Waals surface area contributed by atoms with Crippen molar-refractivity contribution in [3.05, 3.63) is 0 Å². The molecule has 1 atom stereocenters. The summed E-state index contributed by atoms with van der Waals surface area (Å²) in [6.07, 6.45) is 0.190. The van der Waals surface area contributed by atoms with Crippen LogP contribution in [-0.4, -0.2) is 58.1 Å².